The van der Waals surface area contributed by atoms with Crippen LogP contribution in [0.4, 0.5) is 30.7 Å². The van der Waals surface area contributed by atoms with Gasteiger partial charge in [-0.3, -0.25) is 0 Å². The van der Waals surface area contributed by atoms with Crippen molar-refractivity contribution in [2.75, 3.05) is 0 Å². The second-order valence-corrected chi connectivity index (χ2v) is 7.91. The molecule has 0 bridgehead atoms. The van der Waals surface area contributed by atoms with Gasteiger partial charge in [0.2, 0.25) is 12.3 Å². The number of halogens is 7. The quantitative estimate of drug-likeness (QED) is 0.218. The summed E-state index contributed by atoms with van der Waals surface area (Å²) in [7, 11) is 0. The number of hydrogen-bond donors (Lipinski definition) is 1. The first-order chi connectivity index (χ1) is 17.5. The number of rotatable bonds is 5. The van der Waals surface area contributed by atoms with E-state index in [1.807, 2.05) is 0 Å². The molecule has 190 valence electrons. The van der Waals surface area contributed by atoms with Crippen molar-refractivity contribution in [3.8, 4) is 28.4 Å². The Morgan fingerprint density at radius 2 is 1.73 bits per heavy atom. The predicted octanol–water partition coefficient (Wildman–Crippen LogP) is 6.28. The zero-order valence-electron chi connectivity index (χ0n) is 18.4. The molecule has 0 aliphatic carbocycles. The van der Waals surface area contributed by atoms with Gasteiger partial charge < -0.3 is 14.2 Å². The third kappa shape index (κ3) is 5.25. The van der Waals surface area contributed by atoms with Crippen LogP contribution in [0.2, 0.25) is 0 Å². The molecule has 0 radical (unpaired) electrons. The van der Waals surface area contributed by atoms with Crippen molar-refractivity contribution in [2.24, 2.45) is 0 Å². The molecule has 0 spiro atoms. The lowest BCUT2D eigenvalue weighted by Gasteiger charge is -2.14. The summed E-state index contributed by atoms with van der Waals surface area (Å²) < 4.78 is 103. The molecule has 0 amide bonds. The van der Waals surface area contributed by atoms with Gasteiger partial charge in [-0.05, 0) is 30.3 Å². The average molecular weight is 523 g/mol. The third-order valence-corrected chi connectivity index (χ3v) is 5.31. The van der Waals surface area contributed by atoms with E-state index in [1.54, 1.807) is 41.2 Å². The molecule has 0 saturated heterocycles. The van der Waals surface area contributed by atoms with E-state index in [1.165, 1.54) is 12.1 Å². The second-order valence-electron chi connectivity index (χ2n) is 7.91. The number of benzene rings is 2. The minimum Gasteiger partial charge on any atom is -0.406 e. The summed E-state index contributed by atoms with van der Waals surface area (Å²) in [6.07, 6.45) is -6.83. The number of ether oxygens (including phenoxy) is 1. The third-order valence-electron chi connectivity index (χ3n) is 5.31. The SMILES string of the molecule is Fc1ccccc1-c1nc2cc[n+](Cc3cc(-c4ccc(OC(F)(F)F)cc4C(F)(F)F)no3)cc2[nH]1. The van der Waals surface area contributed by atoms with Crippen LogP contribution in [0.5, 0.6) is 5.75 Å². The highest BCUT2D eigenvalue weighted by Gasteiger charge is 2.37. The summed E-state index contributed by atoms with van der Waals surface area (Å²) in [5.41, 5.74) is -0.631. The molecular formula is C24H14F7N4O2+. The van der Waals surface area contributed by atoms with Crippen molar-refractivity contribution in [3.63, 3.8) is 0 Å². The highest BCUT2D eigenvalue weighted by molar-refractivity contribution is 5.77. The van der Waals surface area contributed by atoms with E-state index in [4.69, 9.17) is 4.52 Å². The lowest BCUT2D eigenvalue weighted by atomic mass is 10.0. The fourth-order valence-corrected chi connectivity index (χ4v) is 3.75. The zero-order valence-corrected chi connectivity index (χ0v) is 18.4. The first kappa shape index (κ1) is 24.3. The molecule has 0 atom stereocenters. The first-order valence-electron chi connectivity index (χ1n) is 10.5. The van der Waals surface area contributed by atoms with Crippen molar-refractivity contribution in [2.45, 2.75) is 19.1 Å². The maximum atomic E-state index is 14.1. The maximum Gasteiger partial charge on any atom is 0.573 e. The van der Waals surface area contributed by atoms with Crippen LogP contribution in [0.15, 0.2) is 71.5 Å². The summed E-state index contributed by atoms with van der Waals surface area (Å²) >= 11 is 0. The van der Waals surface area contributed by atoms with E-state index in [9.17, 15) is 30.7 Å². The summed E-state index contributed by atoms with van der Waals surface area (Å²) in [6, 6.07) is 10.9. The Bertz CT molecular complexity index is 1590. The molecule has 13 heteroatoms. The Morgan fingerprint density at radius 3 is 2.46 bits per heavy atom. The molecule has 37 heavy (non-hydrogen) atoms. The number of H-pyrrole nitrogens is 1. The van der Waals surface area contributed by atoms with Gasteiger partial charge in [-0.15, -0.1) is 13.2 Å². The van der Waals surface area contributed by atoms with Gasteiger partial charge in [0.05, 0.1) is 11.1 Å². The van der Waals surface area contributed by atoms with Gasteiger partial charge in [0.1, 0.15) is 34.1 Å². The molecule has 0 unspecified atom stereocenters. The number of nitrogens with zero attached hydrogens (tertiary/aromatic N) is 3. The van der Waals surface area contributed by atoms with Crippen LogP contribution in [0.25, 0.3) is 33.7 Å². The van der Waals surface area contributed by atoms with E-state index < -0.39 is 35.2 Å². The smallest absolute Gasteiger partial charge is 0.406 e. The number of alkyl halides is 6. The van der Waals surface area contributed by atoms with Crippen molar-refractivity contribution in [1.29, 1.82) is 0 Å². The lowest BCUT2D eigenvalue weighted by Crippen LogP contribution is -2.32. The van der Waals surface area contributed by atoms with Crippen LogP contribution in [-0.4, -0.2) is 21.5 Å². The minimum atomic E-state index is -5.14. The summed E-state index contributed by atoms with van der Waals surface area (Å²) in [5, 5.41) is 3.66. The molecule has 0 saturated carbocycles. The molecule has 0 aliphatic heterocycles. The number of nitrogens with one attached hydrogen (secondary N) is 1. The van der Waals surface area contributed by atoms with Crippen LogP contribution in [0.3, 0.4) is 0 Å². The normalized spacial score (nSPS) is 12.3. The van der Waals surface area contributed by atoms with E-state index in [0.29, 0.717) is 16.9 Å². The monoisotopic (exact) mass is 523 g/mol. The summed E-state index contributed by atoms with van der Waals surface area (Å²) in [4.78, 5) is 7.39. The predicted molar refractivity (Wildman–Crippen MR) is 114 cm³/mol. The Hall–Kier alpha value is -4.42. The van der Waals surface area contributed by atoms with Crippen molar-refractivity contribution < 1.29 is 44.6 Å². The largest absolute Gasteiger partial charge is 0.573 e. The first-order valence-corrected chi connectivity index (χ1v) is 10.5. The Balaban J connectivity index is 1.41. The van der Waals surface area contributed by atoms with Crippen LogP contribution >= 0.6 is 0 Å². The van der Waals surface area contributed by atoms with Gasteiger partial charge in [-0.2, -0.15) is 17.7 Å². The van der Waals surface area contributed by atoms with Crippen LogP contribution in [0.1, 0.15) is 11.3 Å². The van der Waals surface area contributed by atoms with Crippen molar-refractivity contribution in [3.05, 3.63) is 84.1 Å². The molecule has 5 rings (SSSR count). The number of pyridine rings is 1. The van der Waals surface area contributed by atoms with Gasteiger partial charge in [0, 0.05) is 17.7 Å². The number of imidazole rings is 1. The maximum absolute atomic E-state index is 14.1. The highest BCUT2D eigenvalue weighted by Crippen LogP contribution is 2.40. The topological polar surface area (TPSA) is 67.8 Å². The molecule has 3 aromatic heterocycles. The van der Waals surface area contributed by atoms with Gasteiger partial charge >= 0.3 is 12.5 Å². The lowest BCUT2D eigenvalue weighted by molar-refractivity contribution is -0.688. The Kier molecular flexibility index (Phi) is 5.85. The number of fused-ring (bicyclic) bond motifs is 1. The van der Waals surface area contributed by atoms with Gasteiger partial charge in [-0.1, -0.05) is 17.3 Å². The number of aromatic nitrogens is 4. The molecule has 6 nitrogen and oxygen atoms in total. The van der Waals surface area contributed by atoms with E-state index in [-0.39, 0.29) is 29.6 Å². The molecule has 3 heterocycles. The number of hydrogen-bond acceptors (Lipinski definition) is 4. The average Bonchev–Trinajstić information content (AvgIpc) is 3.44. The molecular weight excluding hydrogens is 509 g/mol. The molecule has 5 aromatic rings. The molecule has 2 aromatic carbocycles. The number of aromatic amines is 1. The van der Waals surface area contributed by atoms with E-state index in [2.05, 4.69) is 19.9 Å². The Morgan fingerprint density at radius 1 is 0.946 bits per heavy atom. The van der Waals surface area contributed by atoms with Crippen molar-refractivity contribution in [1.82, 2.24) is 15.1 Å². The van der Waals surface area contributed by atoms with Gasteiger partial charge in [0.25, 0.3) is 0 Å². The van der Waals surface area contributed by atoms with Crippen LogP contribution < -0.4 is 9.30 Å². The van der Waals surface area contributed by atoms with Gasteiger partial charge in [0.15, 0.2) is 12.4 Å². The molecule has 1 N–H and O–H groups in total. The minimum absolute atomic E-state index is 0.0631. The zero-order chi connectivity index (χ0) is 26.4. The van der Waals surface area contributed by atoms with Crippen LogP contribution in [0, 0.1) is 5.82 Å². The molecule has 0 fully saturated rings. The fourth-order valence-electron chi connectivity index (χ4n) is 3.75. The highest BCUT2D eigenvalue weighted by atomic mass is 19.4. The van der Waals surface area contributed by atoms with E-state index >= 15 is 0 Å². The summed E-state index contributed by atoms with van der Waals surface area (Å²) in [6.45, 7) is 0.0631. The van der Waals surface area contributed by atoms with Gasteiger partial charge in [-0.25, -0.2) is 9.37 Å². The fraction of sp³-hybridized carbons (Fsp3) is 0.125. The van der Waals surface area contributed by atoms with Crippen LogP contribution in [-0.2, 0) is 12.7 Å². The summed E-state index contributed by atoms with van der Waals surface area (Å²) in [5.74, 6) is -0.951. The molecule has 0 aliphatic rings. The second kappa shape index (κ2) is 8.91. The van der Waals surface area contributed by atoms with Crippen molar-refractivity contribution >= 4 is 11.0 Å². The van der Waals surface area contributed by atoms with E-state index in [0.717, 1.165) is 12.1 Å². The standard InChI is InChI=1S/C24H13F7N4O2/c25-18-4-2-1-3-16(18)22-32-19-7-8-35(12-21(19)33-22)11-14-10-20(34-37-14)15-6-5-13(36-24(29,30)31)9-17(15)23(26,27)28/h1-10,12H,11H2/p+1. The Labute approximate surface area is 202 Å².